The monoisotopic (exact) mass is 590 g/mol. The summed E-state index contributed by atoms with van der Waals surface area (Å²) in [4.78, 5) is 19.6. The maximum absolute atomic E-state index is 13.5. The molecule has 1 saturated carbocycles. The van der Waals surface area contributed by atoms with Crippen molar-refractivity contribution in [3.05, 3.63) is 94.0 Å². The first-order valence-corrected chi connectivity index (χ1v) is 13.6. The summed E-state index contributed by atoms with van der Waals surface area (Å²) in [5.41, 5.74) is 4.60. The van der Waals surface area contributed by atoms with E-state index in [1.807, 2.05) is 12.1 Å². The van der Waals surface area contributed by atoms with E-state index in [0.29, 0.717) is 55.7 Å². The molecule has 2 aromatic carbocycles. The van der Waals surface area contributed by atoms with Crippen LogP contribution in [0.1, 0.15) is 36.7 Å². The van der Waals surface area contributed by atoms with Crippen LogP contribution >= 0.6 is 23.2 Å². The summed E-state index contributed by atoms with van der Waals surface area (Å²) in [6.07, 6.45) is 7.19. The molecule has 1 fully saturated rings. The van der Waals surface area contributed by atoms with Gasteiger partial charge in [0.05, 0.1) is 29.7 Å². The SMILES string of the molecule is COC(=O)Nc1ccc(-c2cnc(C(CC3CC3)c3ccc(-c4cc(Cl)ccc4-n4cnnn4)c[n+]3[O-])[nH]2)c(Cl)c1. The van der Waals surface area contributed by atoms with Gasteiger partial charge in [0.15, 0.2) is 6.20 Å². The highest BCUT2D eigenvalue weighted by molar-refractivity contribution is 6.33. The molecule has 208 valence electrons. The van der Waals surface area contributed by atoms with Gasteiger partial charge in [-0.25, -0.2) is 9.78 Å². The van der Waals surface area contributed by atoms with Crippen LogP contribution in [-0.2, 0) is 4.74 Å². The Morgan fingerprint density at radius 1 is 1.20 bits per heavy atom. The largest absolute Gasteiger partial charge is 0.618 e. The summed E-state index contributed by atoms with van der Waals surface area (Å²) in [5.74, 6) is 0.953. The van der Waals surface area contributed by atoms with Crippen molar-refractivity contribution in [2.45, 2.75) is 25.2 Å². The van der Waals surface area contributed by atoms with Crippen LogP contribution in [0.15, 0.2) is 67.3 Å². The number of hydrogen-bond acceptors (Lipinski definition) is 7. The number of carbonyl (C=O) groups excluding carboxylic acids is 1. The maximum atomic E-state index is 13.5. The van der Waals surface area contributed by atoms with Crippen molar-refractivity contribution in [2.75, 3.05) is 12.4 Å². The summed E-state index contributed by atoms with van der Waals surface area (Å²) in [7, 11) is 1.29. The number of aromatic amines is 1. The van der Waals surface area contributed by atoms with Gasteiger partial charge in [-0.05, 0) is 65.2 Å². The molecule has 0 bridgehead atoms. The Hall–Kier alpha value is -4.48. The number of rotatable bonds is 8. The molecule has 13 heteroatoms. The Morgan fingerprint density at radius 2 is 2.05 bits per heavy atom. The topological polar surface area (TPSA) is 138 Å². The van der Waals surface area contributed by atoms with Crippen LogP contribution in [0.4, 0.5) is 10.5 Å². The first-order chi connectivity index (χ1) is 19.9. The van der Waals surface area contributed by atoms with Crippen LogP contribution in [0, 0.1) is 11.1 Å². The number of aromatic nitrogens is 7. The minimum atomic E-state index is -0.584. The van der Waals surface area contributed by atoms with Crippen molar-refractivity contribution in [3.63, 3.8) is 0 Å². The third kappa shape index (κ3) is 5.72. The van der Waals surface area contributed by atoms with Gasteiger partial charge in [-0.2, -0.15) is 9.41 Å². The van der Waals surface area contributed by atoms with Gasteiger partial charge in [0, 0.05) is 33.5 Å². The number of tetrazole rings is 1. The van der Waals surface area contributed by atoms with E-state index < -0.39 is 6.09 Å². The second kappa shape index (κ2) is 11.2. The molecule has 0 saturated heterocycles. The van der Waals surface area contributed by atoms with Gasteiger partial charge in [0.25, 0.3) is 0 Å². The highest BCUT2D eigenvalue weighted by Crippen LogP contribution is 2.41. The molecule has 1 aliphatic carbocycles. The lowest BCUT2D eigenvalue weighted by Gasteiger charge is -2.16. The van der Waals surface area contributed by atoms with E-state index in [1.165, 1.54) is 18.1 Å². The smallest absolute Gasteiger partial charge is 0.411 e. The number of imidazole rings is 1. The third-order valence-corrected chi connectivity index (χ3v) is 7.60. The number of nitrogens with one attached hydrogen (secondary N) is 2. The highest BCUT2D eigenvalue weighted by Gasteiger charge is 2.33. The van der Waals surface area contributed by atoms with Crippen LogP contribution in [0.3, 0.4) is 0 Å². The predicted molar refractivity (Wildman–Crippen MR) is 153 cm³/mol. The third-order valence-electron chi connectivity index (χ3n) is 7.05. The predicted octanol–water partition coefficient (Wildman–Crippen LogP) is 5.77. The number of pyridine rings is 1. The maximum Gasteiger partial charge on any atom is 0.411 e. The lowest BCUT2D eigenvalue weighted by molar-refractivity contribution is -0.614. The molecule has 11 nitrogen and oxygen atoms in total. The average molecular weight is 591 g/mol. The van der Waals surface area contributed by atoms with Crippen molar-refractivity contribution >= 4 is 35.0 Å². The number of halogens is 2. The summed E-state index contributed by atoms with van der Waals surface area (Å²) in [6, 6.07) is 14.2. The van der Waals surface area contributed by atoms with Gasteiger partial charge in [-0.1, -0.05) is 36.0 Å². The lowest BCUT2D eigenvalue weighted by atomic mass is 9.95. The zero-order valence-corrected chi connectivity index (χ0v) is 23.3. The standard InChI is InChI=1S/C28H24Cl2N8O3/c1-41-28(39)33-19-6-7-20(23(30)12-19)24-13-31-27(34-24)22(10-16-2-3-16)26-8-4-17(14-38(26)40)21-11-18(29)5-9-25(21)37-15-32-35-36-37/h4-9,11-16,22H,2-3,10H2,1H3,(H,31,34)(H,33,39). The number of amides is 1. The van der Waals surface area contributed by atoms with Crippen molar-refractivity contribution in [1.29, 1.82) is 0 Å². The number of benzene rings is 2. The molecular formula is C28H24Cl2N8O3. The minimum absolute atomic E-state index is 0.250. The molecule has 3 heterocycles. The summed E-state index contributed by atoms with van der Waals surface area (Å²) < 4.78 is 7.06. The van der Waals surface area contributed by atoms with Crippen molar-refractivity contribution in [2.24, 2.45) is 5.92 Å². The van der Waals surface area contributed by atoms with E-state index in [2.05, 4.69) is 35.5 Å². The Morgan fingerprint density at radius 3 is 2.76 bits per heavy atom. The molecule has 1 aliphatic rings. The molecule has 0 radical (unpaired) electrons. The molecular weight excluding hydrogens is 567 g/mol. The van der Waals surface area contributed by atoms with E-state index in [0.717, 1.165) is 29.6 Å². The number of nitrogens with zero attached hydrogens (tertiary/aromatic N) is 6. The average Bonchev–Trinajstić information content (AvgIpc) is 3.39. The quantitative estimate of drug-likeness (QED) is 0.173. The van der Waals surface area contributed by atoms with Gasteiger partial charge < -0.3 is 14.9 Å². The fraction of sp³-hybridized carbons (Fsp3) is 0.214. The number of H-pyrrole nitrogens is 1. The van der Waals surface area contributed by atoms with Gasteiger partial charge in [0.2, 0.25) is 5.69 Å². The lowest BCUT2D eigenvalue weighted by Crippen LogP contribution is -2.34. The van der Waals surface area contributed by atoms with E-state index in [1.54, 1.807) is 48.8 Å². The zero-order chi connectivity index (χ0) is 28.5. The van der Waals surface area contributed by atoms with Gasteiger partial charge in [0.1, 0.15) is 18.1 Å². The number of anilines is 1. The number of carbonyl (C=O) groups is 1. The Bertz CT molecular complexity index is 1720. The number of ether oxygens (including phenoxy) is 1. The molecule has 0 aliphatic heterocycles. The Balaban J connectivity index is 1.32. The van der Waals surface area contributed by atoms with Crippen LogP contribution in [0.25, 0.3) is 28.1 Å². The normalized spacial score (nSPS) is 13.6. The first kappa shape index (κ1) is 26.7. The van der Waals surface area contributed by atoms with Crippen LogP contribution in [-0.4, -0.2) is 43.4 Å². The van der Waals surface area contributed by atoms with E-state index in [9.17, 15) is 10.0 Å². The zero-order valence-electron chi connectivity index (χ0n) is 21.8. The highest BCUT2D eigenvalue weighted by atomic mass is 35.5. The fourth-order valence-electron chi connectivity index (χ4n) is 4.82. The van der Waals surface area contributed by atoms with Crippen molar-refractivity contribution in [3.8, 4) is 28.1 Å². The van der Waals surface area contributed by atoms with Crippen LogP contribution in [0.5, 0.6) is 0 Å². The molecule has 2 N–H and O–H groups in total. The second-order valence-electron chi connectivity index (χ2n) is 9.81. The van der Waals surface area contributed by atoms with Gasteiger partial charge >= 0.3 is 6.09 Å². The van der Waals surface area contributed by atoms with E-state index in [-0.39, 0.29) is 5.92 Å². The molecule has 3 aromatic heterocycles. The molecule has 1 atom stereocenters. The van der Waals surface area contributed by atoms with E-state index in [4.69, 9.17) is 23.2 Å². The Kier molecular flexibility index (Phi) is 7.29. The Labute approximate surface area is 244 Å². The summed E-state index contributed by atoms with van der Waals surface area (Å²) in [6.45, 7) is 0. The van der Waals surface area contributed by atoms with Crippen LogP contribution in [0.2, 0.25) is 10.0 Å². The van der Waals surface area contributed by atoms with Crippen molar-refractivity contribution in [1.82, 2.24) is 30.2 Å². The van der Waals surface area contributed by atoms with Gasteiger partial charge in [-0.3, -0.25) is 5.32 Å². The summed E-state index contributed by atoms with van der Waals surface area (Å²) >= 11 is 12.8. The summed E-state index contributed by atoms with van der Waals surface area (Å²) in [5, 5.41) is 28.5. The number of methoxy groups -OCH3 is 1. The van der Waals surface area contributed by atoms with Crippen molar-refractivity contribution < 1.29 is 14.3 Å². The first-order valence-electron chi connectivity index (χ1n) is 12.9. The molecule has 1 amide bonds. The minimum Gasteiger partial charge on any atom is -0.618 e. The molecule has 0 spiro atoms. The second-order valence-corrected chi connectivity index (χ2v) is 10.7. The molecule has 5 aromatic rings. The number of hydrogen-bond donors (Lipinski definition) is 2. The fourth-order valence-corrected chi connectivity index (χ4v) is 5.28. The van der Waals surface area contributed by atoms with Crippen LogP contribution < -0.4 is 10.0 Å². The van der Waals surface area contributed by atoms with E-state index >= 15 is 0 Å². The van der Waals surface area contributed by atoms with Gasteiger partial charge in [-0.15, -0.1) is 5.10 Å². The molecule has 1 unspecified atom stereocenters. The molecule has 41 heavy (non-hydrogen) atoms. The molecule has 6 rings (SSSR count).